The number of halogens is 1. The summed E-state index contributed by atoms with van der Waals surface area (Å²) in [4.78, 5) is 7.57. The van der Waals surface area contributed by atoms with Crippen molar-refractivity contribution >= 4 is 40.3 Å². The molecule has 4 rings (SSSR count). The van der Waals surface area contributed by atoms with Crippen molar-refractivity contribution in [3.63, 3.8) is 0 Å². The molecule has 2 aliphatic heterocycles. The molecule has 2 saturated heterocycles. The fraction of sp³-hybridized carbons (Fsp3) is 0.632. The summed E-state index contributed by atoms with van der Waals surface area (Å²) in [5, 5.41) is 3.49. The minimum absolute atomic E-state index is 0.601. The molecule has 4 nitrogen and oxygen atoms in total. The number of rotatable bonds is 3. The zero-order valence-corrected chi connectivity index (χ0v) is 17.0. The highest BCUT2D eigenvalue weighted by molar-refractivity contribution is 9.10. The Morgan fingerprint density at radius 1 is 1.20 bits per heavy atom. The molecule has 1 aromatic carbocycles. The highest BCUT2D eigenvalue weighted by atomic mass is 79.9. The maximum atomic E-state index is 5.13. The van der Waals surface area contributed by atoms with Gasteiger partial charge in [0.15, 0.2) is 0 Å². The quantitative estimate of drug-likeness (QED) is 0.795. The summed E-state index contributed by atoms with van der Waals surface area (Å²) >= 11 is 3.69. The van der Waals surface area contributed by atoms with Gasteiger partial charge in [-0.1, -0.05) is 21.4 Å². The highest BCUT2D eigenvalue weighted by Gasteiger charge is 2.26. The van der Waals surface area contributed by atoms with E-state index < -0.39 is 0 Å². The zero-order chi connectivity index (χ0) is 17.4. The zero-order valence-electron chi connectivity index (χ0n) is 15.4. The molecule has 0 spiro atoms. The van der Waals surface area contributed by atoms with Crippen molar-refractivity contribution in [2.75, 3.05) is 33.2 Å². The van der Waals surface area contributed by atoms with Gasteiger partial charge in [-0.15, -0.1) is 0 Å². The van der Waals surface area contributed by atoms with E-state index in [2.05, 4.69) is 57.7 Å². The standard InChI is InChI=1S/C19H28BBrN4/c1-24-8-4-14(5-9-24)19-23-17-11-16(21)15(20)10-18(17)25(19)12-13-2-6-22-7-3-13/h10-11,13-14,22H,2-9,12,20H2,1H3. The Morgan fingerprint density at radius 3 is 2.64 bits per heavy atom. The molecule has 6 heteroatoms. The molecule has 1 N–H and O–H groups in total. The largest absolute Gasteiger partial charge is 0.327 e. The summed E-state index contributed by atoms with van der Waals surface area (Å²) in [5.41, 5.74) is 3.78. The van der Waals surface area contributed by atoms with E-state index in [1.165, 1.54) is 60.0 Å². The lowest BCUT2D eigenvalue weighted by Gasteiger charge is -2.30. The second-order valence-corrected chi connectivity index (χ2v) is 8.80. The Bertz CT molecular complexity index is 745. The second kappa shape index (κ2) is 7.41. The Labute approximate surface area is 159 Å². The van der Waals surface area contributed by atoms with Gasteiger partial charge >= 0.3 is 0 Å². The van der Waals surface area contributed by atoms with Gasteiger partial charge in [-0.2, -0.15) is 0 Å². The molecular weight excluding hydrogens is 375 g/mol. The maximum absolute atomic E-state index is 5.13. The molecule has 0 bridgehead atoms. The number of hydrogen-bond donors (Lipinski definition) is 1. The van der Waals surface area contributed by atoms with Crippen LogP contribution in [0.4, 0.5) is 0 Å². The van der Waals surface area contributed by atoms with Gasteiger partial charge in [0.05, 0.1) is 11.0 Å². The summed E-state index contributed by atoms with van der Waals surface area (Å²) in [7, 11) is 4.41. The molecule has 2 fully saturated rings. The maximum Gasteiger partial charge on any atom is 0.140 e. The van der Waals surface area contributed by atoms with Crippen LogP contribution >= 0.6 is 15.9 Å². The van der Waals surface area contributed by atoms with E-state index in [9.17, 15) is 0 Å². The summed E-state index contributed by atoms with van der Waals surface area (Å²) in [5.74, 6) is 2.70. The Hall–Kier alpha value is -0.845. The first kappa shape index (κ1) is 17.6. The van der Waals surface area contributed by atoms with Crippen molar-refractivity contribution < 1.29 is 0 Å². The molecule has 0 saturated carbocycles. The Kier molecular flexibility index (Phi) is 5.21. The van der Waals surface area contributed by atoms with Crippen LogP contribution < -0.4 is 10.8 Å². The molecule has 0 unspecified atom stereocenters. The third-order valence-electron chi connectivity index (χ3n) is 6.04. The number of piperidine rings is 2. The SMILES string of the molecule is Bc1cc2c(cc1Br)nc(C1CCN(C)CC1)n2CC1CCNCC1. The van der Waals surface area contributed by atoms with E-state index in [1.807, 2.05) is 0 Å². The molecule has 0 amide bonds. The molecule has 3 heterocycles. The van der Waals surface area contributed by atoms with E-state index in [-0.39, 0.29) is 0 Å². The van der Waals surface area contributed by atoms with Crippen LogP contribution in [0, 0.1) is 5.92 Å². The van der Waals surface area contributed by atoms with Crippen molar-refractivity contribution in [1.29, 1.82) is 0 Å². The second-order valence-electron chi connectivity index (χ2n) is 7.94. The molecule has 0 atom stereocenters. The minimum Gasteiger partial charge on any atom is -0.327 e. The smallest absolute Gasteiger partial charge is 0.140 e. The van der Waals surface area contributed by atoms with E-state index in [4.69, 9.17) is 4.98 Å². The third kappa shape index (κ3) is 3.67. The number of aromatic nitrogens is 2. The summed E-state index contributed by atoms with van der Waals surface area (Å²) in [6, 6.07) is 4.54. The van der Waals surface area contributed by atoms with Gasteiger partial charge in [-0.05, 0) is 77.0 Å². The molecule has 1 aromatic heterocycles. The van der Waals surface area contributed by atoms with Crippen LogP contribution in [0.3, 0.4) is 0 Å². The third-order valence-corrected chi connectivity index (χ3v) is 6.90. The predicted octanol–water partition coefficient (Wildman–Crippen LogP) is 1.87. The summed E-state index contributed by atoms with van der Waals surface area (Å²) in [6.07, 6.45) is 5.02. The monoisotopic (exact) mass is 402 g/mol. The minimum atomic E-state index is 0.601. The van der Waals surface area contributed by atoms with Crippen molar-refractivity contribution in [3.8, 4) is 0 Å². The van der Waals surface area contributed by atoms with Gasteiger partial charge < -0.3 is 14.8 Å². The Morgan fingerprint density at radius 2 is 1.92 bits per heavy atom. The number of hydrogen-bond acceptors (Lipinski definition) is 3. The van der Waals surface area contributed by atoms with Gasteiger partial charge in [0, 0.05) is 16.9 Å². The molecule has 0 aliphatic carbocycles. The first-order chi connectivity index (χ1) is 12.1. The van der Waals surface area contributed by atoms with Crippen LogP contribution in [0.25, 0.3) is 11.0 Å². The van der Waals surface area contributed by atoms with E-state index in [0.717, 1.165) is 31.1 Å². The van der Waals surface area contributed by atoms with Gasteiger partial charge in [0.1, 0.15) is 13.7 Å². The highest BCUT2D eigenvalue weighted by Crippen LogP contribution is 2.32. The van der Waals surface area contributed by atoms with E-state index in [1.54, 1.807) is 0 Å². The lowest BCUT2D eigenvalue weighted by molar-refractivity contribution is 0.245. The van der Waals surface area contributed by atoms with Gasteiger partial charge in [-0.3, -0.25) is 0 Å². The van der Waals surface area contributed by atoms with Crippen molar-refractivity contribution in [2.24, 2.45) is 5.92 Å². The average Bonchev–Trinajstić information content (AvgIpc) is 2.94. The van der Waals surface area contributed by atoms with Crippen molar-refractivity contribution in [3.05, 3.63) is 22.4 Å². The van der Waals surface area contributed by atoms with E-state index >= 15 is 0 Å². The number of nitrogens with zero attached hydrogens (tertiary/aromatic N) is 3. The number of benzene rings is 1. The van der Waals surface area contributed by atoms with Crippen LogP contribution in [0.1, 0.15) is 37.4 Å². The molecular formula is C19H28BBrN4. The fourth-order valence-electron chi connectivity index (χ4n) is 4.36. The van der Waals surface area contributed by atoms with Crippen LogP contribution in [0.15, 0.2) is 16.6 Å². The molecule has 2 aliphatic rings. The van der Waals surface area contributed by atoms with Gasteiger partial charge in [0.2, 0.25) is 0 Å². The number of imidazole rings is 1. The van der Waals surface area contributed by atoms with Crippen LogP contribution in [0.5, 0.6) is 0 Å². The number of fused-ring (bicyclic) bond motifs is 1. The van der Waals surface area contributed by atoms with Gasteiger partial charge in [-0.25, -0.2) is 4.98 Å². The summed E-state index contributed by atoms with van der Waals surface area (Å²) in [6.45, 7) is 5.81. The molecule has 25 heavy (non-hydrogen) atoms. The number of likely N-dealkylation sites (tertiary alicyclic amines) is 1. The first-order valence-electron chi connectivity index (χ1n) is 9.67. The van der Waals surface area contributed by atoms with Gasteiger partial charge in [0.25, 0.3) is 0 Å². The van der Waals surface area contributed by atoms with Crippen molar-refractivity contribution in [2.45, 2.75) is 38.1 Å². The average molecular weight is 403 g/mol. The first-order valence-corrected chi connectivity index (χ1v) is 10.5. The predicted molar refractivity (Wildman–Crippen MR) is 111 cm³/mol. The number of nitrogens with one attached hydrogen (secondary N) is 1. The van der Waals surface area contributed by atoms with Crippen LogP contribution in [-0.4, -0.2) is 55.5 Å². The topological polar surface area (TPSA) is 33.1 Å². The van der Waals surface area contributed by atoms with Crippen molar-refractivity contribution in [1.82, 2.24) is 19.8 Å². The normalized spacial score (nSPS) is 21.2. The van der Waals surface area contributed by atoms with Crippen LogP contribution in [0.2, 0.25) is 0 Å². The Balaban J connectivity index is 1.72. The lowest BCUT2D eigenvalue weighted by atomic mass is 9.94. The van der Waals surface area contributed by atoms with Crippen LogP contribution in [-0.2, 0) is 6.54 Å². The fourth-order valence-corrected chi connectivity index (χ4v) is 4.69. The molecule has 2 aromatic rings. The summed E-state index contributed by atoms with van der Waals surface area (Å²) < 4.78 is 3.74. The van der Waals surface area contributed by atoms with E-state index in [0.29, 0.717) is 5.92 Å². The molecule has 134 valence electrons. The molecule has 0 radical (unpaired) electrons. The lowest BCUT2D eigenvalue weighted by Crippen LogP contribution is -2.32.